The SMILES string of the molecule is CC(c1ccccc1)N1CCN(c2ccc(N)cc2Cl)CC1. The van der Waals surface area contributed by atoms with Gasteiger partial charge in [0.25, 0.3) is 0 Å². The van der Waals surface area contributed by atoms with Crippen LogP contribution in [0.2, 0.25) is 5.02 Å². The second-order valence-corrected chi connectivity index (χ2v) is 6.23. The first-order valence-corrected chi connectivity index (χ1v) is 8.12. The first kappa shape index (κ1) is 15.2. The van der Waals surface area contributed by atoms with Crippen molar-refractivity contribution in [2.75, 3.05) is 36.8 Å². The molecule has 0 saturated carbocycles. The number of nitrogens with two attached hydrogens (primary N) is 1. The number of benzene rings is 2. The highest BCUT2D eigenvalue weighted by molar-refractivity contribution is 6.33. The molecule has 1 aliphatic heterocycles. The maximum absolute atomic E-state index is 6.32. The van der Waals surface area contributed by atoms with Crippen molar-refractivity contribution >= 4 is 23.0 Å². The Bertz CT molecular complexity index is 621. The van der Waals surface area contributed by atoms with Crippen molar-refractivity contribution in [1.29, 1.82) is 0 Å². The highest BCUT2D eigenvalue weighted by atomic mass is 35.5. The molecule has 0 bridgehead atoms. The molecule has 1 heterocycles. The summed E-state index contributed by atoms with van der Waals surface area (Å²) < 4.78 is 0. The van der Waals surface area contributed by atoms with Crippen molar-refractivity contribution in [3.05, 3.63) is 59.1 Å². The van der Waals surface area contributed by atoms with Gasteiger partial charge in [0.1, 0.15) is 0 Å². The lowest BCUT2D eigenvalue weighted by Gasteiger charge is -2.39. The number of hydrogen-bond acceptors (Lipinski definition) is 3. The van der Waals surface area contributed by atoms with Crippen molar-refractivity contribution in [2.24, 2.45) is 0 Å². The van der Waals surface area contributed by atoms with Gasteiger partial charge in [-0.05, 0) is 30.7 Å². The lowest BCUT2D eigenvalue weighted by Crippen LogP contribution is -2.47. The van der Waals surface area contributed by atoms with E-state index < -0.39 is 0 Å². The third-order valence-electron chi connectivity index (χ3n) is 4.46. The second kappa shape index (κ2) is 6.59. The summed E-state index contributed by atoms with van der Waals surface area (Å²) in [6, 6.07) is 16.9. The number of anilines is 2. The topological polar surface area (TPSA) is 32.5 Å². The Labute approximate surface area is 137 Å². The van der Waals surface area contributed by atoms with Gasteiger partial charge in [-0.2, -0.15) is 0 Å². The van der Waals surface area contributed by atoms with Crippen molar-refractivity contribution in [3.63, 3.8) is 0 Å². The van der Waals surface area contributed by atoms with E-state index >= 15 is 0 Å². The molecule has 1 fully saturated rings. The number of hydrogen-bond donors (Lipinski definition) is 1. The van der Waals surface area contributed by atoms with Crippen LogP contribution in [-0.4, -0.2) is 31.1 Å². The molecule has 0 amide bonds. The number of halogens is 1. The summed E-state index contributed by atoms with van der Waals surface area (Å²) in [5.41, 5.74) is 8.95. The van der Waals surface area contributed by atoms with E-state index in [1.165, 1.54) is 5.56 Å². The summed E-state index contributed by atoms with van der Waals surface area (Å²) in [7, 11) is 0. The Morgan fingerprint density at radius 1 is 1.00 bits per heavy atom. The van der Waals surface area contributed by atoms with Crippen LogP contribution >= 0.6 is 11.6 Å². The summed E-state index contributed by atoms with van der Waals surface area (Å²) >= 11 is 6.32. The first-order valence-electron chi connectivity index (χ1n) is 7.74. The Morgan fingerprint density at radius 3 is 2.32 bits per heavy atom. The molecule has 116 valence electrons. The van der Waals surface area contributed by atoms with Crippen molar-refractivity contribution in [3.8, 4) is 0 Å². The normalized spacial score (nSPS) is 17.5. The molecule has 1 aliphatic rings. The van der Waals surface area contributed by atoms with Gasteiger partial charge in [-0.15, -0.1) is 0 Å². The monoisotopic (exact) mass is 315 g/mol. The van der Waals surface area contributed by atoms with E-state index in [-0.39, 0.29) is 0 Å². The third-order valence-corrected chi connectivity index (χ3v) is 4.76. The molecule has 0 aliphatic carbocycles. The van der Waals surface area contributed by atoms with Crippen LogP contribution in [0.15, 0.2) is 48.5 Å². The largest absolute Gasteiger partial charge is 0.399 e. The minimum absolute atomic E-state index is 0.449. The first-order chi connectivity index (χ1) is 10.6. The Hall–Kier alpha value is -1.71. The van der Waals surface area contributed by atoms with Crippen LogP contribution in [0.3, 0.4) is 0 Å². The van der Waals surface area contributed by atoms with Crippen LogP contribution in [-0.2, 0) is 0 Å². The van der Waals surface area contributed by atoms with Gasteiger partial charge in [0.2, 0.25) is 0 Å². The predicted octanol–water partition coefficient (Wildman–Crippen LogP) is 3.81. The minimum atomic E-state index is 0.449. The van der Waals surface area contributed by atoms with Crippen molar-refractivity contribution in [1.82, 2.24) is 4.90 Å². The standard InChI is InChI=1S/C18H22ClN3/c1-14(15-5-3-2-4-6-15)21-9-11-22(12-10-21)18-8-7-16(20)13-17(18)19/h2-8,13-14H,9-12,20H2,1H3. The summed E-state index contributed by atoms with van der Waals surface area (Å²) in [5, 5.41) is 0.740. The molecule has 2 N–H and O–H groups in total. The fourth-order valence-electron chi connectivity index (χ4n) is 3.07. The molecule has 4 heteroatoms. The van der Waals surface area contributed by atoms with Crippen LogP contribution in [0.5, 0.6) is 0 Å². The van der Waals surface area contributed by atoms with E-state index in [1.807, 2.05) is 18.2 Å². The lowest BCUT2D eigenvalue weighted by molar-refractivity contribution is 0.198. The van der Waals surface area contributed by atoms with Crippen LogP contribution in [0, 0.1) is 0 Å². The molecular formula is C18H22ClN3. The number of piperazine rings is 1. The lowest BCUT2D eigenvalue weighted by atomic mass is 10.1. The molecule has 3 nitrogen and oxygen atoms in total. The average molecular weight is 316 g/mol. The van der Waals surface area contributed by atoms with E-state index in [4.69, 9.17) is 17.3 Å². The number of rotatable bonds is 3. The minimum Gasteiger partial charge on any atom is -0.399 e. The van der Waals surface area contributed by atoms with Crippen LogP contribution < -0.4 is 10.6 Å². The Balaban J connectivity index is 1.65. The van der Waals surface area contributed by atoms with Gasteiger partial charge in [-0.3, -0.25) is 4.90 Å². The summed E-state index contributed by atoms with van der Waals surface area (Å²) in [6.45, 7) is 6.33. The zero-order valence-corrected chi connectivity index (χ0v) is 13.6. The quantitative estimate of drug-likeness (QED) is 0.874. The molecule has 1 unspecified atom stereocenters. The van der Waals surface area contributed by atoms with Gasteiger partial charge in [0.15, 0.2) is 0 Å². The Morgan fingerprint density at radius 2 is 1.68 bits per heavy atom. The second-order valence-electron chi connectivity index (χ2n) is 5.82. The van der Waals surface area contributed by atoms with E-state index in [0.717, 1.165) is 36.9 Å². The molecule has 1 saturated heterocycles. The third kappa shape index (κ3) is 3.21. The zero-order valence-electron chi connectivity index (χ0n) is 12.9. The van der Waals surface area contributed by atoms with Crippen LogP contribution in [0.25, 0.3) is 0 Å². The average Bonchev–Trinajstić information content (AvgIpc) is 2.55. The molecule has 2 aromatic rings. The van der Waals surface area contributed by atoms with Gasteiger partial charge in [0, 0.05) is 37.9 Å². The molecule has 2 aromatic carbocycles. The van der Waals surface area contributed by atoms with Gasteiger partial charge in [-0.1, -0.05) is 41.9 Å². The molecule has 0 aromatic heterocycles. The maximum atomic E-state index is 6.32. The zero-order chi connectivity index (χ0) is 15.5. The summed E-state index contributed by atoms with van der Waals surface area (Å²) in [6.07, 6.45) is 0. The molecular weight excluding hydrogens is 294 g/mol. The molecule has 1 atom stereocenters. The summed E-state index contributed by atoms with van der Waals surface area (Å²) in [5.74, 6) is 0. The predicted molar refractivity (Wildman–Crippen MR) is 94.5 cm³/mol. The van der Waals surface area contributed by atoms with E-state index in [0.29, 0.717) is 11.7 Å². The van der Waals surface area contributed by atoms with E-state index in [1.54, 1.807) is 0 Å². The summed E-state index contributed by atoms with van der Waals surface area (Å²) in [4.78, 5) is 4.87. The molecule has 22 heavy (non-hydrogen) atoms. The van der Waals surface area contributed by atoms with Gasteiger partial charge in [0.05, 0.1) is 10.7 Å². The molecule has 3 rings (SSSR count). The van der Waals surface area contributed by atoms with E-state index in [9.17, 15) is 0 Å². The number of nitrogen functional groups attached to an aromatic ring is 1. The highest BCUT2D eigenvalue weighted by Crippen LogP contribution is 2.30. The maximum Gasteiger partial charge on any atom is 0.0660 e. The number of nitrogens with zero attached hydrogens (tertiary/aromatic N) is 2. The van der Waals surface area contributed by atoms with Crippen LogP contribution in [0.1, 0.15) is 18.5 Å². The van der Waals surface area contributed by atoms with Crippen molar-refractivity contribution in [2.45, 2.75) is 13.0 Å². The van der Waals surface area contributed by atoms with Crippen molar-refractivity contribution < 1.29 is 0 Å². The smallest absolute Gasteiger partial charge is 0.0660 e. The molecule has 0 radical (unpaired) electrons. The van der Waals surface area contributed by atoms with Gasteiger partial charge in [-0.25, -0.2) is 0 Å². The van der Waals surface area contributed by atoms with Gasteiger partial charge >= 0.3 is 0 Å². The fourth-order valence-corrected chi connectivity index (χ4v) is 3.38. The van der Waals surface area contributed by atoms with Gasteiger partial charge < -0.3 is 10.6 Å². The van der Waals surface area contributed by atoms with Crippen LogP contribution in [0.4, 0.5) is 11.4 Å². The fraction of sp³-hybridized carbons (Fsp3) is 0.333. The molecule has 0 spiro atoms. The van der Waals surface area contributed by atoms with E-state index in [2.05, 4.69) is 47.1 Å². The highest BCUT2D eigenvalue weighted by Gasteiger charge is 2.23. The Kier molecular flexibility index (Phi) is 4.55.